The molecule has 0 aliphatic rings. The molecule has 0 aliphatic heterocycles. The van der Waals surface area contributed by atoms with Crippen molar-refractivity contribution in [3.05, 3.63) is 57.0 Å². The molecular weight excluding hydrogens is 333 g/mol. The molecule has 2 aromatic rings. The number of anilines is 1. The molecular formula is C15H12Cl3NO2. The van der Waals surface area contributed by atoms with Crippen LogP contribution in [0.3, 0.4) is 0 Å². The fourth-order valence-corrected chi connectivity index (χ4v) is 2.49. The van der Waals surface area contributed by atoms with Gasteiger partial charge in [0, 0.05) is 20.8 Å². The molecule has 21 heavy (non-hydrogen) atoms. The van der Waals surface area contributed by atoms with E-state index in [1.807, 2.05) is 6.92 Å². The number of rotatable bonds is 4. The molecule has 1 N–H and O–H groups in total. The molecule has 2 rings (SSSR count). The van der Waals surface area contributed by atoms with Crippen molar-refractivity contribution in [3.8, 4) is 5.75 Å². The van der Waals surface area contributed by atoms with Gasteiger partial charge in [-0.25, -0.2) is 0 Å². The predicted octanol–water partition coefficient (Wildman–Crippen LogP) is 4.97. The van der Waals surface area contributed by atoms with Crippen LogP contribution in [0.2, 0.25) is 15.1 Å². The maximum atomic E-state index is 11.8. The average molecular weight is 345 g/mol. The molecule has 0 aliphatic carbocycles. The van der Waals surface area contributed by atoms with Crippen LogP contribution in [0.1, 0.15) is 5.56 Å². The number of nitrogens with one attached hydrogen (secondary N) is 1. The molecule has 6 heteroatoms. The Labute approximate surface area is 137 Å². The van der Waals surface area contributed by atoms with Gasteiger partial charge in [0.15, 0.2) is 6.61 Å². The van der Waals surface area contributed by atoms with E-state index in [9.17, 15) is 4.79 Å². The molecule has 0 bridgehead atoms. The maximum Gasteiger partial charge on any atom is 0.262 e. The van der Waals surface area contributed by atoms with E-state index in [1.165, 1.54) is 0 Å². The highest BCUT2D eigenvalue weighted by Gasteiger charge is 2.07. The van der Waals surface area contributed by atoms with Crippen molar-refractivity contribution in [1.82, 2.24) is 0 Å². The lowest BCUT2D eigenvalue weighted by Gasteiger charge is -2.10. The van der Waals surface area contributed by atoms with Gasteiger partial charge in [-0.2, -0.15) is 0 Å². The Morgan fingerprint density at radius 1 is 1.05 bits per heavy atom. The van der Waals surface area contributed by atoms with Gasteiger partial charge in [0.25, 0.3) is 5.91 Å². The Morgan fingerprint density at radius 3 is 2.33 bits per heavy atom. The third kappa shape index (κ3) is 4.81. The van der Waals surface area contributed by atoms with E-state index in [1.54, 1.807) is 36.4 Å². The summed E-state index contributed by atoms with van der Waals surface area (Å²) in [5, 5.41) is 4.19. The predicted molar refractivity (Wildman–Crippen MR) is 86.8 cm³/mol. The van der Waals surface area contributed by atoms with Crippen LogP contribution in [-0.4, -0.2) is 12.5 Å². The quantitative estimate of drug-likeness (QED) is 0.850. The second-order valence-corrected chi connectivity index (χ2v) is 5.71. The van der Waals surface area contributed by atoms with Crippen molar-refractivity contribution in [2.75, 3.05) is 11.9 Å². The highest BCUT2D eigenvalue weighted by Crippen LogP contribution is 2.23. The summed E-state index contributed by atoms with van der Waals surface area (Å²) < 4.78 is 5.45. The normalized spacial score (nSPS) is 10.3. The summed E-state index contributed by atoms with van der Waals surface area (Å²) in [6.45, 7) is 1.74. The van der Waals surface area contributed by atoms with Crippen molar-refractivity contribution in [2.24, 2.45) is 0 Å². The third-order valence-corrected chi connectivity index (χ3v) is 3.31. The summed E-state index contributed by atoms with van der Waals surface area (Å²) in [5.41, 5.74) is 1.38. The van der Waals surface area contributed by atoms with Crippen LogP contribution in [0, 0.1) is 6.92 Å². The molecule has 0 radical (unpaired) electrons. The number of ether oxygens (including phenoxy) is 1. The van der Waals surface area contributed by atoms with Crippen molar-refractivity contribution >= 4 is 46.4 Å². The molecule has 0 spiro atoms. The molecule has 2 aromatic carbocycles. The van der Waals surface area contributed by atoms with Gasteiger partial charge >= 0.3 is 0 Å². The van der Waals surface area contributed by atoms with Crippen LogP contribution < -0.4 is 10.1 Å². The van der Waals surface area contributed by atoms with Gasteiger partial charge in [0.2, 0.25) is 0 Å². The Morgan fingerprint density at radius 2 is 1.71 bits per heavy atom. The van der Waals surface area contributed by atoms with Gasteiger partial charge in [-0.3, -0.25) is 4.79 Å². The molecule has 3 nitrogen and oxygen atoms in total. The van der Waals surface area contributed by atoms with Crippen LogP contribution in [-0.2, 0) is 4.79 Å². The number of carbonyl (C=O) groups excluding carboxylic acids is 1. The second kappa shape index (κ2) is 7.03. The summed E-state index contributed by atoms with van der Waals surface area (Å²) in [6.07, 6.45) is 0. The largest absolute Gasteiger partial charge is 0.483 e. The Balaban J connectivity index is 1.95. The zero-order chi connectivity index (χ0) is 15.4. The molecule has 0 unspecified atom stereocenters. The number of amides is 1. The lowest BCUT2D eigenvalue weighted by molar-refractivity contribution is -0.118. The van der Waals surface area contributed by atoms with E-state index in [-0.39, 0.29) is 12.5 Å². The third-order valence-electron chi connectivity index (χ3n) is 2.64. The first kappa shape index (κ1) is 16.0. The molecule has 0 fully saturated rings. The standard InChI is InChI=1S/C15H12Cl3NO2/c1-9-4-10(16)2-3-14(9)21-8-15(20)19-13-6-11(17)5-12(18)7-13/h2-7H,8H2,1H3,(H,19,20). The Hall–Kier alpha value is -1.42. The zero-order valence-electron chi connectivity index (χ0n) is 11.1. The van der Waals surface area contributed by atoms with Gasteiger partial charge in [-0.05, 0) is 48.9 Å². The highest BCUT2D eigenvalue weighted by molar-refractivity contribution is 6.35. The molecule has 0 heterocycles. The number of halogens is 3. The average Bonchev–Trinajstić information content (AvgIpc) is 2.36. The number of carbonyl (C=O) groups is 1. The van der Waals surface area contributed by atoms with E-state index in [0.717, 1.165) is 5.56 Å². The first-order chi connectivity index (χ1) is 9.94. The highest BCUT2D eigenvalue weighted by atomic mass is 35.5. The smallest absolute Gasteiger partial charge is 0.262 e. The minimum Gasteiger partial charge on any atom is -0.483 e. The summed E-state index contributed by atoms with van der Waals surface area (Å²) in [6, 6.07) is 10.0. The van der Waals surface area contributed by atoms with Gasteiger partial charge in [0.1, 0.15) is 5.75 Å². The summed E-state index contributed by atoms with van der Waals surface area (Å²) in [7, 11) is 0. The van der Waals surface area contributed by atoms with E-state index in [2.05, 4.69) is 5.32 Å². The van der Waals surface area contributed by atoms with Gasteiger partial charge in [0.05, 0.1) is 0 Å². The maximum absolute atomic E-state index is 11.8. The molecule has 0 atom stereocenters. The Bertz CT molecular complexity index is 654. The minimum absolute atomic E-state index is 0.118. The lowest BCUT2D eigenvalue weighted by atomic mass is 10.2. The Kier molecular flexibility index (Phi) is 5.34. The summed E-state index contributed by atoms with van der Waals surface area (Å²) in [5.74, 6) is 0.307. The topological polar surface area (TPSA) is 38.3 Å². The number of aryl methyl sites for hydroxylation is 1. The van der Waals surface area contributed by atoms with Gasteiger partial charge in [-0.15, -0.1) is 0 Å². The van der Waals surface area contributed by atoms with Crippen molar-refractivity contribution in [2.45, 2.75) is 6.92 Å². The van der Waals surface area contributed by atoms with Gasteiger partial charge in [-0.1, -0.05) is 34.8 Å². The number of benzene rings is 2. The van der Waals surface area contributed by atoms with E-state index >= 15 is 0 Å². The monoisotopic (exact) mass is 343 g/mol. The van der Waals surface area contributed by atoms with E-state index in [4.69, 9.17) is 39.5 Å². The van der Waals surface area contributed by atoms with Crippen LogP contribution in [0.5, 0.6) is 5.75 Å². The number of hydrogen-bond donors (Lipinski definition) is 1. The molecule has 0 saturated heterocycles. The van der Waals surface area contributed by atoms with Crippen LogP contribution >= 0.6 is 34.8 Å². The fourth-order valence-electron chi connectivity index (χ4n) is 1.74. The SMILES string of the molecule is Cc1cc(Cl)ccc1OCC(=O)Nc1cc(Cl)cc(Cl)c1. The lowest BCUT2D eigenvalue weighted by Crippen LogP contribution is -2.20. The summed E-state index contributed by atoms with van der Waals surface area (Å²) in [4.78, 5) is 11.8. The molecule has 0 saturated carbocycles. The van der Waals surface area contributed by atoms with Crippen LogP contribution in [0.15, 0.2) is 36.4 Å². The first-order valence-electron chi connectivity index (χ1n) is 6.09. The summed E-state index contributed by atoms with van der Waals surface area (Å²) >= 11 is 17.6. The second-order valence-electron chi connectivity index (χ2n) is 4.40. The van der Waals surface area contributed by atoms with Crippen LogP contribution in [0.25, 0.3) is 0 Å². The van der Waals surface area contributed by atoms with Gasteiger partial charge < -0.3 is 10.1 Å². The molecule has 110 valence electrons. The van der Waals surface area contributed by atoms with Crippen molar-refractivity contribution in [3.63, 3.8) is 0 Å². The van der Waals surface area contributed by atoms with Crippen molar-refractivity contribution in [1.29, 1.82) is 0 Å². The minimum atomic E-state index is -0.303. The van der Waals surface area contributed by atoms with E-state index in [0.29, 0.717) is 26.5 Å². The van der Waals surface area contributed by atoms with Crippen molar-refractivity contribution < 1.29 is 9.53 Å². The first-order valence-corrected chi connectivity index (χ1v) is 7.22. The fraction of sp³-hybridized carbons (Fsp3) is 0.133. The molecule has 1 amide bonds. The number of hydrogen-bond acceptors (Lipinski definition) is 2. The molecule has 0 aromatic heterocycles. The van der Waals surface area contributed by atoms with E-state index < -0.39 is 0 Å². The van der Waals surface area contributed by atoms with Crippen LogP contribution in [0.4, 0.5) is 5.69 Å². The zero-order valence-corrected chi connectivity index (χ0v) is 13.4.